The van der Waals surface area contributed by atoms with Gasteiger partial charge in [0.25, 0.3) is 0 Å². The van der Waals surface area contributed by atoms with E-state index in [4.69, 9.17) is 0 Å². The van der Waals surface area contributed by atoms with E-state index in [0.29, 0.717) is 23.6 Å². The zero-order valence-electron chi connectivity index (χ0n) is 11.5. The van der Waals surface area contributed by atoms with Crippen molar-refractivity contribution in [3.05, 3.63) is 28.5 Å². The third-order valence-electron chi connectivity index (χ3n) is 3.67. The topological polar surface area (TPSA) is 40.6 Å². The molecule has 1 heterocycles. The van der Waals surface area contributed by atoms with Gasteiger partial charge < -0.3 is 4.90 Å². The molecule has 0 unspecified atom stereocenters. The van der Waals surface area contributed by atoms with Crippen molar-refractivity contribution >= 4 is 26.0 Å². The van der Waals surface area contributed by atoms with Gasteiger partial charge in [0.1, 0.15) is 10.7 Å². The van der Waals surface area contributed by atoms with Crippen LogP contribution in [0.3, 0.4) is 0 Å². The van der Waals surface area contributed by atoms with Gasteiger partial charge in [-0.25, -0.2) is 12.8 Å². The van der Waals surface area contributed by atoms with Gasteiger partial charge in [-0.2, -0.15) is 4.31 Å². The molecule has 0 N–H and O–H groups in total. The van der Waals surface area contributed by atoms with Crippen LogP contribution < -0.4 is 0 Å². The van der Waals surface area contributed by atoms with Gasteiger partial charge >= 0.3 is 0 Å². The lowest BCUT2D eigenvalue weighted by molar-refractivity contribution is 0.196. The molecule has 1 fully saturated rings. The van der Waals surface area contributed by atoms with E-state index in [1.165, 1.54) is 16.4 Å². The lowest BCUT2D eigenvalue weighted by Crippen LogP contribution is -2.44. The first-order valence-electron chi connectivity index (χ1n) is 6.44. The van der Waals surface area contributed by atoms with Gasteiger partial charge in [0.05, 0.1) is 0 Å². The molecule has 7 heteroatoms. The van der Waals surface area contributed by atoms with E-state index in [9.17, 15) is 12.8 Å². The molecule has 0 aliphatic carbocycles. The molecule has 0 aromatic heterocycles. The summed E-state index contributed by atoms with van der Waals surface area (Å²) >= 11 is 3.13. The summed E-state index contributed by atoms with van der Waals surface area (Å²) in [6, 6.07) is 4.42. The van der Waals surface area contributed by atoms with Gasteiger partial charge in [-0.3, -0.25) is 0 Å². The van der Waals surface area contributed by atoms with Gasteiger partial charge in [-0.05, 0) is 45.1 Å². The first-order chi connectivity index (χ1) is 9.32. The summed E-state index contributed by atoms with van der Waals surface area (Å²) < 4.78 is 40.7. The first-order valence-corrected chi connectivity index (χ1v) is 8.67. The number of halogens is 2. The molecule has 0 atom stereocenters. The molecule has 1 aliphatic rings. The minimum absolute atomic E-state index is 0.246. The van der Waals surface area contributed by atoms with Gasteiger partial charge in [-0.1, -0.05) is 15.9 Å². The van der Waals surface area contributed by atoms with Crippen molar-refractivity contribution in [3.8, 4) is 0 Å². The normalized spacial score (nSPS) is 18.6. The Kier molecular flexibility index (Phi) is 4.84. The van der Waals surface area contributed by atoms with Crippen LogP contribution in [0, 0.1) is 5.82 Å². The molecule has 0 amide bonds. The number of piperidine rings is 1. The van der Waals surface area contributed by atoms with Crippen LogP contribution in [0.25, 0.3) is 0 Å². The minimum atomic E-state index is -3.74. The average molecular weight is 365 g/mol. The average Bonchev–Trinajstić information content (AvgIpc) is 2.38. The summed E-state index contributed by atoms with van der Waals surface area (Å²) in [5.74, 6) is -0.714. The summed E-state index contributed by atoms with van der Waals surface area (Å²) in [5.41, 5.74) is 0. The van der Waals surface area contributed by atoms with Gasteiger partial charge in [-0.15, -0.1) is 0 Å². The van der Waals surface area contributed by atoms with Crippen molar-refractivity contribution < 1.29 is 12.8 Å². The quantitative estimate of drug-likeness (QED) is 0.826. The van der Waals surface area contributed by atoms with Gasteiger partial charge in [0.15, 0.2) is 0 Å². The second kappa shape index (κ2) is 6.09. The highest BCUT2D eigenvalue weighted by molar-refractivity contribution is 9.10. The fourth-order valence-corrected chi connectivity index (χ4v) is 4.27. The van der Waals surface area contributed by atoms with E-state index in [-0.39, 0.29) is 4.90 Å². The van der Waals surface area contributed by atoms with Crippen molar-refractivity contribution in [1.82, 2.24) is 9.21 Å². The van der Waals surface area contributed by atoms with Crippen LogP contribution in [-0.4, -0.2) is 50.8 Å². The molecule has 0 spiro atoms. The predicted octanol–water partition coefficient (Wildman–Crippen LogP) is 2.30. The molecule has 2 rings (SSSR count). The molecule has 0 saturated carbocycles. The third kappa shape index (κ3) is 3.21. The largest absolute Gasteiger partial charge is 0.306 e. The molecule has 0 radical (unpaired) electrons. The van der Waals surface area contributed by atoms with Crippen molar-refractivity contribution in [2.24, 2.45) is 0 Å². The van der Waals surface area contributed by atoms with Crippen LogP contribution in [0.1, 0.15) is 12.8 Å². The molecular weight excluding hydrogens is 347 g/mol. The Morgan fingerprint density at radius 1 is 1.30 bits per heavy atom. The maximum Gasteiger partial charge on any atom is 0.245 e. The fraction of sp³-hybridized carbons (Fsp3) is 0.538. The number of sulfonamides is 1. The Hall–Kier alpha value is -0.500. The Morgan fingerprint density at radius 2 is 1.90 bits per heavy atom. The summed E-state index contributed by atoms with van der Waals surface area (Å²) in [6.45, 7) is 0.862. The standard InChI is InChI=1S/C13H18BrFN2O2S/c1-16(2)11-5-7-17(8-6-11)20(18,19)13-4-3-10(14)9-12(13)15/h3-4,9,11H,5-8H2,1-2H3. The molecule has 4 nitrogen and oxygen atoms in total. The van der Waals surface area contributed by atoms with Crippen LogP contribution in [0.15, 0.2) is 27.6 Å². The lowest BCUT2D eigenvalue weighted by atomic mass is 10.1. The van der Waals surface area contributed by atoms with E-state index >= 15 is 0 Å². The monoisotopic (exact) mass is 364 g/mol. The predicted molar refractivity (Wildman–Crippen MR) is 79.6 cm³/mol. The second-order valence-electron chi connectivity index (χ2n) is 5.17. The highest BCUT2D eigenvalue weighted by Gasteiger charge is 2.31. The first kappa shape index (κ1) is 15.9. The minimum Gasteiger partial charge on any atom is -0.306 e. The zero-order valence-corrected chi connectivity index (χ0v) is 13.9. The summed E-state index contributed by atoms with van der Waals surface area (Å²) in [7, 11) is 0.239. The summed E-state index contributed by atoms with van der Waals surface area (Å²) in [4.78, 5) is 1.86. The molecule has 1 aromatic rings. The molecule has 112 valence electrons. The third-order valence-corrected chi connectivity index (χ3v) is 6.09. The van der Waals surface area contributed by atoms with Gasteiger partial charge in [0, 0.05) is 23.6 Å². The summed E-state index contributed by atoms with van der Waals surface area (Å²) in [5, 5.41) is 0. The Morgan fingerprint density at radius 3 is 2.40 bits per heavy atom. The van der Waals surface area contributed by atoms with Crippen LogP contribution in [-0.2, 0) is 10.0 Å². The number of benzene rings is 1. The molecule has 1 saturated heterocycles. The number of hydrogen-bond donors (Lipinski definition) is 0. The Balaban J connectivity index is 2.20. The van der Waals surface area contributed by atoms with Gasteiger partial charge in [0.2, 0.25) is 10.0 Å². The highest BCUT2D eigenvalue weighted by Crippen LogP contribution is 2.25. The van der Waals surface area contributed by atoms with Crippen LogP contribution in [0.4, 0.5) is 4.39 Å². The van der Waals surface area contributed by atoms with Crippen LogP contribution >= 0.6 is 15.9 Å². The van der Waals surface area contributed by atoms with Crippen molar-refractivity contribution in [2.45, 2.75) is 23.8 Å². The van der Waals surface area contributed by atoms with E-state index in [0.717, 1.165) is 12.8 Å². The SMILES string of the molecule is CN(C)C1CCN(S(=O)(=O)c2ccc(Br)cc2F)CC1. The fourth-order valence-electron chi connectivity index (χ4n) is 2.42. The maximum absolute atomic E-state index is 13.9. The Labute approximate surface area is 127 Å². The van der Waals surface area contributed by atoms with Crippen molar-refractivity contribution in [2.75, 3.05) is 27.2 Å². The number of rotatable bonds is 3. The molecule has 1 aromatic carbocycles. The van der Waals surface area contributed by atoms with E-state index in [2.05, 4.69) is 20.8 Å². The maximum atomic E-state index is 13.9. The molecule has 1 aliphatic heterocycles. The second-order valence-corrected chi connectivity index (χ2v) is 8.00. The molecular formula is C13H18BrFN2O2S. The van der Waals surface area contributed by atoms with E-state index < -0.39 is 15.8 Å². The number of nitrogens with zero attached hydrogens (tertiary/aromatic N) is 2. The molecule has 20 heavy (non-hydrogen) atoms. The van der Waals surface area contributed by atoms with Crippen LogP contribution in [0.5, 0.6) is 0 Å². The number of hydrogen-bond acceptors (Lipinski definition) is 3. The van der Waals surface area contributed by atoms with E-state index in [1.54, 1.807) is 6.07 Å². The summed E-state index contributed by atoms with van der Waals surface area (Å²) in [6.07, 6.45) is 1.54. The lowest BCUT2D eigenvalue weighted by Gasteiger charge is -2.34. The zero-order chi connectivity index (χ0) is 14.9. The van der Waals surface area contributed by atoms with Crippen LogP contribution in [0.2, 0.25) is 0 Å². The smallest absolute Gasteiger partial charge is 0.245 e. The Bertz CT molecular complexity index is 584. The van der Waals surface area contributed by atoms with E-state index in [1.807, 2.05) is 14.1 Å². The van der Waals surface area contributed by atoms with Crippen molar-refractivity contribution in [1.29, 1.82) is 0 Å². The molecule has 0 bridgehead atoms. The van der Waals surface area contributed by atoms with Crippen molar-refractivity contribution in [3.63, 3.8) is 0 Å². The highest BCUT2D eigenvalue weighted by atomic mass is 79.9.